The molecule has 0 aromatic heterocycles. The van der Waals surface area contributed by atoms with Crippen molar-refractivity contribution in [1.82, 2.24) is 0 Å². The fraction of sp³-hybridized carbons (Fsp3) is 0.167. The van der Waals surface area contributed by atoms with E-state index in [2.05, 4.69) is 43.0 Å². The minimum Gasteiger partial charge on any atom is -0.456 e. The summed E-state index contributed by atoms with van der Waals surface area (Å²) in [6.07, 6.45) is 0. The Kier molecular flexibility index (Phi) is 4.70. The molecule has 4 heteroatoms. The molecule has 6 rings (SSSR count). The maximum atomic E-state index is 13.6. The largest absolute Gasteiger partial charge is 0.456 e. The summed E-state index contributed by atoms with van der Waals surface area (Å²) < 4.78 is 12.6. The van der Waals surface area contributed by atoms with Gasteiger partial charge >= 0.3 is 5.97 Å². The van der Waals surface area contributed by atoms with Crippen LogP contribution in [0, 0.1) is 0 Å². The predicted molar refractivity (Wildman–Crippen MR) is 134 cm³/mol. The van der Waals surface area contributed by atoms with Crippen molar-refractivity contribution in [1.29, 1.82) is 0 Å². The third-order valence-electron chi connectivity index (χ3n) is 6.93. The van der Waals surface area contributed by atoms with Gasteiger partial charge in [-0.2, -0.15) is 0 Å². The molecule has 0 saturated carbocycles. The van der Waals surface area contributed by atoms with Crippen molar-refractivity contribution < 1.29 is 14.3 Å². The van der Waals surface area contributed by atoms with Gasteiger partial charge in [0.25, 0.3) is 0 Å². The SMILES string of the molecule is CCN(CC)c1cccc(-c2cccc3c2C(=O)OC32c3ccccc3Oc3ccccc32)c1. The van der Waals surface area contributed by atoms with Crippen LogP contribution in [-0.2, 0) is 10.3 Å². The van der Waals surface area contributed by atoms with Crippen LogP contribution in [0.1, 0.15) is 40.9 Å². The third-order valence-corrected chi connectivity index (χ3v) is 6.93. The van der Waals surface area contributed by atoms with Crippen molar-refractivity contribution in [2.24, 2.45) is 0 Å². The number of esters is 1. The first-order valence-electron chi connectivity index (χ1n) is 11.8. The molecule has 0 aliphatic carbocycles. The Balaban J connectivity index is 1.60. The highest BCUT2D eigenvalue weighted by Gasteiger charge is 2.54. The maximum Gasteiger partial charge on any atom is 0.340 e. The van der Waals surface area contributed by atoms with E-state index in [-0.39, 0.29) is 5.97 Å². The number of para-hydroxylation sites is 2. The lowest BCUT2D eigenvalue weighted by molar-refractivity contribution is 0.0225. The normalized spacial score (nSPS) is 14.6. The first-order valence-corrected chi connectivity index (χ1v) is 11.8. The molecule has 0 unspecified atom stereocenters. The first-order chi connectivity index (χ1) is 16.7. The Morgan fingerprint density at radius 3 is 2.03 bits per heavy atom. The highest BCUT2D eigenvalue weighted by atomic mass is 16.6. The van der Waals surface area contributed by atoms with Gasteiger partial charge in [-0.1, -0.05) is 66.7 Å². The van der Waals surface area contributed by atoms with E-state index in [0.29, 0.717) is 17.1 Å². The van der Waals surface area contributed by atoms with Gasteiger partial charge < -0.3 is 14.4 Å². The van der Waals surface area contributed by atoms with Crippen molar-refractivity contribution in [3.8, 4) is 22.6 Å². The second-order valence-corrected chi connectivity index (χ2v) is 8.62. The molecule has 0 bridgehead atoms. The van der Waals surface area contributed by atoms with E-state index in [0.717, 1.165) is 46.6 Å². The fourth-order valence-electron chi connectivity index (χ4n) is 5.37. The number of benzene rings is 4. The monoisotopic (exact) mass is 447 g/mol. The van der Waals surface area contributed by atoms with E-state index in [1.807, 2.05) is 66.7 Å². The van der Waals surface area contributed by atoms with E-state index < -0.39 is 5.60 Å². The quantitative estimate of drug-likeness (QED) is 0.324. The van der Waals surface area contributed by atoms with Crippen LogP contribution in [0.5, 0.6) is 11.5 Å². The molecule has 4 nitrogen and oxygen atoms in total. The molecule has 2 aliphatic rings. The minimum atomic E-state index is -1.04. The average Bonchev–Trinajstić information content (AvgIpc) is 3.18. The van der Waals surface area contributed by atoms with Crippen LogP contribution in [0.4, 0.5) is 5.69 Å². The summed E-state index contributed by atoms with van der Waals surface area (Å²) in [5.74, 6) is 1.09. The van der Waals surface area contributed by atoms with E-state index in [1.165, 1.54) is 0 Å². The number of hydrogen-bond acceptors (Lipinski definition) is 4. The molecule has 0 radical (unpaired) electrons. The number of fused-ring (bicyclic) bond motifs is 6. The van der Waals surface area contributed by atoms with E-state index in [9.17, 15) is 4.79 Å². The predicted octanol–water partition coefficient (Wildman–Crippen LogP) is 6.77. The minimum absolute atomic E-state index is 0.314. The molecule has 4 aromatic rings. The Hall–Kier alpha value is -4.05. The maximum absolute atomic E-state index is 13.6. The van der Waals surface area contributed by atoms with Crippen molar-refractivity contribution in [2.45, 2.75) is 19.4 Å². The van der Waals surface area contributed by atoms with Crippen LogP contribution in [0.3, 0.4) is 0 Å². The van der Waals surface area contributed by atoms with Crippen LogP contribution < -0.4 is 9.64 Å². The first kappa shape index (κ1) is 20.5. The zero-order chi connectivity index (χ0) is 23.3. The topological polar surface area (TPSA) is 38.8 Å². The smallest absolute Gasteiger partial charge is 0.340 e. The van der Waals surface area contributed by atoms with E-state index in [1.54, 1.807) is 0 Å². The highest BCUT2D eigenvalue weighted by molar-refractivity contribution is 6.03. The number of ether oxygens (including phenoxy) is 2. The number of hydrogen-bond donors (Lipinski definition) is 0. The van der Waals surface area contributed by atoms with Crippen molar-refractivity contribution in [2.75, 3.05) is 18.0 Å². The van der Waals surface area contributed by atoms with Crippen LogP contribution >= 0.6 is 0 Å². The van der Waals surface area contributed by atoms with Crippen molar-refractivity contribution in [3.63, 3.8) is 0 Å². The standard InChI is InChI=1S/C30H25NO3/c1-3-31(4-2)21-12-9-11-20(19-21)22-13-10-16-25-28(22)29(32)34-30(25)23-14-5-7-17-26(23)33-27-18-8-6-15-24(27)30/h5-19H,3-4H2,1-2H3. The number of carbonyl (C=O) groups is 1. The van der Waals surface area contributed by atoms with Crippen molar-refractivity contribution in [3.05, 3.63) is 113 Å². The Morgan fingerprint density at radius 2 is 1.35 bits per heavy atom. The molecular weight excluding hydrogens is 422 g/mol. The van der Waals surface area contributed by atoms with Gasteiger partial charge in [0.05, 0.1) is 5.56 Å². The van der Waals surface area contributed by atoms with Gasteiger partial charge in [-0.05, 0) is 49.2 Å². The van der Waals surface area contributed by atoms with Crippen LogP contribution in [0.25, 0.3) is 11.1 Å². The number of nitrogens with zero attached hydrogens (tertiary/aromatic N) is 1. The Labute approximate surface area is 199 Å². The third kappa shape index (κ3) is 2.81. The molecule has 0 atom stereocenters. The zero-order valence-corrected chi connectivity index (χ0v) is 19.2. The molecule has 4 aromatic carbocycles. The number of anilines is 1. The molecule has 168 valence electrons. The molecule has 2 aliphatic heterocycles. The molecule has 0 N–H and O–H groups in total. The Bertz CT molecular complexity index is 1370. The number of carbonyl (C=O) groups excluding carboxylic acids is 1. The molecular formula is C30H25NO3. The van der Waals surface area contributed by atoms with Gasteiger partial charge in [-0.25, -0.2) is 4.79 Å². The van der Waals surface area contributed by atoms with Crippen LogP contribution in [-0.4, -0.2) is 19.1 Å². The van der Waals surface area contributed by atoms with Gasteiger partial charge in [0.1, 0.15) is 11.5 Å². The van der Waals surface area contributed by atoms with Gasteiger partial charge in [0, 0.05) is 35.5 Å². The summed E-state index contributed by atoms with van der Waals surface area (Å²) in [7, 11) is 0. The molecule has 1 spiro atoms. The molecule has 0 saturated heterocycles. The van der Waals surface area contributed by atoms with Gasteiger partial charge in [0.15, 0.2) is 5.60 Å². The van der Waals surface area contributed by atoms with E-state index in [4.69, 9.17) is 9.47 Å². The summed E-state index contributed by atoms with van der Waals surface area (Å²) in [4.78, 5) is 15.9. The molecule has 0 amide bonds. The van der Waals surface area contributed by atoms with Crippen molar-refractivity contribution >= 4 is 11.7 Å². The second kappa shape index (κ2) is 7.77. The summed E-state index contributed by atoms with van der Waals surface area (Å²) >= 11 is 0. The lowest BCUT2D eigenvalue weighted by Gasteiger charge is -2.36. The fourth-order valence-corrected chi connectivity index (χ4v) is 5.37. The summed E-state index contributed by atoms with van der Waals surface area (Å²) in [6, 6.07) is 30.1. The zero-order valence-electron chi connectivity index (χ0n) is 19.2. The average molecular weight is 448 g/mol. The lowest BCUT2D eigenvalue weighted by atomic mass is 9.77. The molecule has 0 fully saturated rings. The molecule has 34 heavy (non-hydrogen) atoms. The Morgan fingerprint density at radius 1 is 0.735 bits per heavy atom. The highest BCUT2D eigenvalue weighted by Crippen LogP contribution is 2.56. The summed E-state index contributed by atoms with van der Waals surface area (Å²) in [5, 5.41) is 0. The van der Waals surface area contributed by atoms with Gasteiger partial charge in [-0.3, -0.25) is 0 Å². The van der Waals surface area contributed by atoms with Crippen LogP contribution in [0.15, 0.2) is 91.0 Å². The number of rotatable bonds is 4. The molecule has 2 heterocycles. The van der Waals surface area contributed by atoms with Gasteiger partial charge in [0.2, 0.25) is 0 Å². The summed E-state index contributed by atoms with van der Waals surface area (Å²) in [5.41, 5.74) is 5.15. The van der Waals surface area contributed by atoms with Crippen LogP contribution in [0.2, 0.25) is 0 Å². The lowest BCUT2D eigenvalue weighted by Crippen LogP contribution is -2.32. The second-order valence-electron chi connectivity index (χ2n) is 8.62. The van der Waals surface area contributed by atoms with Gasteiger partial charge in [-0.15, -0.1) is 0 Å². The van der Waals surface area contributed by atoms with E-state index >= 15 is 0 Å². The summed E-state index contributed by atoms with van der Waals surface area (Å²) in [6.45, 7) is 6.15.